The Morgan fingerprint density at radius 1 is 0.538 bits per heavy atom. The second-order valence-electron chi connectivity index (χ2n) is 6.64. The SMILES string of the molecule is S=Cc1cccc(-c2c3ccccc3cc3cc4ccccc4cc23)c1. The smallest absolute Gasteiger partial charge is 0.00863 e. The number of benzene rings is 5. The van der Waals surface area contributed by atoms with Gasteiger partial charge in [0.1, 0.15) is 0 Å². The molecule has 0 heterocycles. The van der Waals surface area contributed by atoms with Gasteiger partial charge >= 0.3 is 0 Å². The van der Waals surface area contributed by atoms with E-state index in [1.165, 1.54) is 43.4 Å². The van der Waals surface area contributed by atoms with Crippen LogP contribution in [-0.2, 0) is 0 Å². The van der Waals surface area contributed by atoms with Gasteiger partial charge in [-0.25, -0.2) is 0 Å². The molecule has 0 aliphatic rings. The fraction of sp³-hybridized carbons (Fsp3) is 0. The van der Waals surface area contributed by atoms with Gasteiger partial charge in [-0.2, -0.15) is 0 Å². The van der Waals surface area contributed by atoms with Gasteiger partial charge in [-0.1, -0.05) is 78.9 Å². The first-order valence-electron chi connectivity index (χ1n) is 8.73. The molecule has 0 radical (unpaired) electrons. The van der Waals surface area contributed by atoms with Gasteiger partial charge in [0.25, 0.3) is 0 Å². The summed E-state index contributed by atoms with van der Waals surface area (Å²) in [6, 6.07) is 32.6. The summed E-state index contributed by atoms with van der Waals surface area (Å²) in [6.45, 7) is 0. The zero-order chi connectivity index (χ0) is 17.5. The van der Waals surface area contributed by atoms with E-state index in [9.17, 15) is 0 Å². The van der Waals surface area contributed by atoms with Crippen molar-refractivity contribution in [3.8, 4) is 11.1 Å². The highest BCUT2D eigenvalue weighted by molar-refractivity contribution is 7.79. The maximum Gasteiger partial charge on any atom is 0.00863 e. The van der Waals surface area contributed by atoms with Crippen molar-refractivity contribution in [3.63, 3.8) is 0 Å². The highest BCUT2D eigenvalue weighted by atomic mass is 32.1. The minimum Gasteiger partial charge on any atom is -0.0881 e. The van der Waals surface area contributed by atoms with Crippen LogP contribution in [0.15, 0.2) is 91.0 Å². The molecule has 0 saturated carbocycles. The molecule has 0 aliphatic carbocycles. The molecule has 0 bridgehead atoms. The second-order valence-corrected chi connectivity index (χ2v) is 6.87. The van der Waals surface area contributed by atoms with E-state index in [0.29, 0.717) is 0 Å². The summed E-state index contributed by atoms with van der Waals surface area (Å²) < 4.78 is 0. The Hall–Kier alpha value is -3.03. The van der Waals surface area contributed by atoms with E-state index in [0.717, 1.165) is 5.56 Å². The van der Waals surface area contributed by atoms with Crippen LogP contribution in [0.4, 0.5) is 0 Å². The topological polar surface area (TPSA) is 0 Å². The molecule has 0 nitrogen and oxygen atoms in total. The minimum absolute atomic E-state index is 1.07. The van der Waals surface area contributed by atoms with Crippen molar-refractivity contribution in [3.05, 3.63) is 96.6 Å². The van der Waals surface area contributed by atoms with Crippen LogP contribution in [0.2, 0.25) is 0 Å². The summed E-state index contributed by atoms with van der Waals surface area (Å²) in [5.74, 6) is 0. The van der Waals surface area contributed by atoms with Crippen molar-refractivity contribution >= 4 is 49.9 Å². The fourth-order valence-corrected chi connectivity index (χ4v) is 3.98. The molecule has 122 valence electrons. The number of hydrogen-bond donors (Lipinski definition) is 0. The van der Waals surface area contributed by atoms with E-state index < -0.39 is 0 Å². The van der Waals surface area contributed by atoms with Gasteiger partial charge in [-0.15, -0.1) is 0 Å². The molecule has 0 N–H and O–H groups in total. The molecule has 0 fully saturated rings. The van der Waals surface area contributed by atoms with Crippen LogP contribution in [-0.4, -0.2) is 5.37 Å². The third-order valence-corrected chi connectivity index (χ3v) is 5.31. The predicted molar refractivity (Wildman–Crippen MR) is 117 cm³/mol. The number of hydrogen-bond acceptors (Lipinski definition) is 1. The Balaban J connectivity index is 1.99. The summed E-state index contributed by atoms with van der Waals surface area (Å²) in [5, 5.41) is 9.37. The summed E-state index contributed by atoms with van der Waals surface area (Å²) in [7, 11) is 0. The lowest BCUT2D eigenvalue weighted by Crippen LogP contribution is -1.88. The monoisotopic (exact) mass is 348 g/mol. The summed E-state index contributed by atoms with van der Waals surface area (Å²) in [4.78, 5) is 0. The summed E-state index contributed by atoms with van der Waals surface area (Å²) in [5.41, 5.74) is 3.56. The number of fused-ring (bicyclic) bond motifs is 3. The normalized spacial score (nSPS) is 11.2. The van der Waals surface area contributed by atoms with Crippen LogP contribution in [0.1, 0.15) is 5.56 Å². The van der Waals surface area contributed by atoms with E-state index in [4.69, 9.17) is 12.2 Å². The van der Waals surface area contributed by atoms with Crippen molar-refractivity contribution in [2.45, 2.75) is 0 Å². The molecule has 0 unspecified atom stereocenters. The molecule has 0 amide bonds. The van der Waals surface area contributed by atoms with Crippen molar-refractivity contribution in [2.24, 2.45) is 0 Å². The maximum atomic E-state index is 5.16. The maximum absolute atomic E-state index is 5.16. The van der Waals surface area contributed by atoms with Gasteiger partial charge in [0.15, 0.2) is 0 Å². The Morgan fingerprint density at radius 2 is 1.23 bits per heavy atom. The van der Waals surface area contributed by atoms with Gasteiger partial charge in [-0.3, -0.25) is 0 Å². The van der Waals surface area contributed by atoms with Crippen LogP contribution in [0.5, 0.6) is 0 Å². The molecule has 0 aliphatic heterocycles. The average molecular weight is 348 g/mol. The molecule has 26 heavy (non-hydrogen) atoms. The van der Waals surface area contributed by atoms with Crippen LogP contribution < -0.4 is 0 Å². The standard InChI is InChI=1S/C25H16S/c26-16-17-6-5-10-21(12-17)25-23-11-4-3-9-20(23)14-22-13-18-7-1-2-8-19(18)15-24(22)25/h1-16H. The lowest BCUT2D eigenvalue weighted by molar-refractivity contribution is 1.66. The number of thiocarbonyl (C=S) groups is 1. The quantitative estimate of drug-likeness (QED) is 0.241. The third-order valence-electron chi connectivity index (χ3n) is 5.04. The predicted octanol–water partition coefficient (Wildman–Crippen LogP) is 7.16. The second kappa shape index (κ2) is 6.05. The van der Waals surface area contributed by atoms with Crippen LogP contribution in [0, 0.1) is 0 Å². The largest absolute Gasteiger partial charge is 0.0881 e. The highest BCUT2D eigenvalue weighted by Gasteiger charge is 2.11. The van der Waals surface area contributed by atoms with E-state index in [-0.39, 0.29) is 0 Å². The van der Waals surface area contributed by atoms with Crippen molar-refractivity contribution in [1.82, 2.24) is 0 Å². The van der Waals surface area contributed by atoms with Crippen LogP contribution >= 0.6 is 12.2 Å². The van der Waals surface area contributed by atoms with E-state index in [1.54, 1.807) is 5.37 Å². The summed E-state index contributed by atoms with van der Waals surface area (Å²) in [6.07, 6.45) is 0. The Morgan fingerprint density at radius 3 is 2.04 bits per heavy atom. The Bertz CT molecular complexity index is 1290. The molecule has 1 heteroatoms. The molecule has 0 aromatic heterocycles. The van der Waals surface area contributed by atoms with Gasteiger partial charge in [-0.05, 0) is 73.3 Å². The minimum atomic E-state index is 1.07. The van der Waals surface area contributed by atoms with Crippen LogP contribution in [0.25, 0.3) is 43.4 Å². The Kier molecular flexibility index (Phi) is 3.55. The first-order valence-corrected chi connectivity index (χ1v) is 9.20. The van der Waals surface area contributed by atoms with Crippen molar-refractivity contribution < 1.29 is 0 Å². The van der Waals surface area contributed by atoms with Gasteiger partial charge in [0.05, 0.1) is 0 Å². The van der Waals surface area contributed by atoms with Crippen LogP contribution in [0.3, 0.4) is 0 Å². The van der Waals surface area contributed by atoms with Gasteiger partial charge in [0.2, 0.25) is 0 Å². The zero-order valence-corrected chi connectivity index (χ0v) is 15.0. The molecule has 0 saturated heterocycles. The summed E-state index contributed by atoms with van der Waals surface area (Å²) >= 11 is 5.16. The lowest BCUT2D eigenvalue weighted by Gasteiger charge is -2.14. The molecule has 5 rings (SSSR count). The fourth-order valence-electron chi connectivity index (χ4n) is 3.84. The molecular formula is C25H16S. The number of rotatable bonds is 2. The molecule has 0 atom stereocenters. The van der Waals surface area contributed by atoms with E-state index in [2.05, 4.69) is 91.0 Å². The molecular weight excluding hydrogens is 332 g/mol. The first-order chi connectivity index (χ1) is 12.8. The molecule has 5 aromatic rings. The molecule has 5 aromatic carbocycles. The zero-order valence-electron chi connectivity index (χ0n) is 14.1. The van der Waals surface area contributed by atoms with E-state index >= 15 is 0 Å². The van der Waals surface area contributed by atoms with Crippen molar-refractivity contribution in [1.29, 1.82) is 0 Å². The van der Waals surface area contributed by atoms with Gasteiger partial charge in [0, 0.05) is 5.37 Å². The third kappa shape index (κ3) is 2.40. The van der Waals surface area contributed by atoms with E-state index in [1.807, 2.05) is 0 Å². The lowest BCUT2D eigenvalue weighted by atomic mass is 9.90. The molecule has 0 spiro atoms. The Labute approximate surface area is 157 Å². The first kappa shape index (κ1) is 15.2. The van der Waals surface area contributed by atoms with Crippen molar-refractivity contribution in [2.75, 3.05) is 0 Å². The average Bonchev–Trinajstić information content (AvgIpc) is 2.70. The van der Waals surface area contributed by atoms with Gasteiger partial charge < -0.3 is 0 Å². The highest BCUT2D eigenvalue weighted by Crippen LogP contribution is 2.38.